The Morgan fingerprint density at radius 2 is 2.15 bits per heavy atom. The first-order valence-corrected chi connectivity index (χ1v) is 7.01. The fourth-order valence-corrected chi connectivity index (χ4v) is 1.79. The van der Waals surface area contributed by atoms with E-state index < -0.39 is 0 Å². The third kappa shape index (κ3) is 3.42. The lowest BCUT2D eigenvalue weighted by Gasteiger charge is -2.10. The first kappa shape index (κ1) is 14.7. The standard InChI is InChI=1S/C14H17ClN2O3/c1-3-4-7-19-11-6-5-10(8-12(11)18-2)14-16-13(9-15)20-17-14/h5-6,8H,3-4,7,9H2,1-2H3. The maximum absolute atomic E-state index is 5.68. The van der Waals surface area contributed by atoms with Crippen molar-refractivity contribution in [1.29, 1.82) is 0 Å². The molecule has 2 aromatic rings. The van der Waals surface area contributed by atoms with Crippen LogP contribution in [0.25, 0.3) is 11.4 Å². The molecule has 0 saturated heterocycles. The second-order valence-electron chi connectivity index (χ2n) is 4.21. The van der Waals surface area contributed by atoms with Crippen molar-refractivity contribution in [3.63, 3.8) is 0 Å². The number of hydrogen-bond donors (Lipinski definition) is 0. The highest BCUT2D eigenvalue weighted by molar-refractivity contribution is 6.16. The highest BCUT2D eigenvalue weighted by atomic mass is 35.5. The Bertz CT molecular complexity index is 557. The monoisotopic (exact) mass is 296 g/mol. The largest absolute Gasteiger partial charge is 0.493 e. The van der Waals surface area contributed by atoms with E-state index in [0.717, 1.165) is 18.4 Å². The number of benzene rings is 1. The van der Waals surface area contributed by atoms with Crippen LogP contribution < -0.4 is 9.47 Å². The van der Waals surface area contributed by atoms with E-state index in [9.17, 15) is 0 Å². The molecule has 20 heavy (non-hydrogen) atoms. The van der Waals surface area contributed by atoms with Gasteiger partial charge in [-0.25, -0.2) is 0 Å². The van der Waals surface area contributed by atoms with Crippen LogP contribution in [-0.2, 0) is 5.88 Å². The number of nitrogens with zero attached hydrogens (tertiary/aromatic N) is 2. The van der Waals surface area contributed by atoms with Crippen LogP contribution in [0.15, 0.2) is 22.7 Å². The van der Waals surface area contributed by atoms with Crippen LogP contribution in [0.3, 0.4) is 0 Å². The average molecular weight is 297 g/mol. The van der Waals surface area contributed by atoms with E-state index in [1.807, 2.05) is 18.2 Å². The summed E-state index contributed by atoms with van der Waals surface area (Å²) in [7, 11) is 1.60. The van der Waals surface area contributed by atoms with Crippen molar-refractivity contribution in [2.45, 2.75) is 25.6 Å². The number of hydrogen-bond acceptors (Lipinski definition) is 5. The van der Waals surface area contributed by atoms with Crippen molar-refractivity contribution < 1.29 is 14.0 Å². The fourth-order valence-electron chi connectivity index (χ4n) is 1.68. The second-order valence-corrected chi connectivity index (χ2v) is 4.48. The molecule has 0 aliphatic carbocycles. The summed E-state index contributed by atoms with van der Waals surface area (Å²) >= 11 is 5.64. The fraction of sp³-hybridized carbons (Fsp3) is 0.429. The van der Waals surface area contributed by atoms with Crippen LogP contribution in [0.2, 0.25) is 0 Å². The lowest BCUT2D eigenvalue weighted by Crippen LogP contribution is -1.99. The molecule has 0 atom stereocenters. The predicted molar refractivity (Wildman–Crippen MR) is 76.2 cm³/mol. The molecule has 0 aliphatic rings. The van der Waals surface area contributed by atoms with Crippen LogP contribution in [0, 0.1) is 0 Å². The number of halogens is 1. The van der Waals surface area contributed by atoms with E-state index in [2.05, 4.69) is 17.1 Å². The lowest BCUT2D eigenvalue weighted by atomic mass is 10.2. The van der Waals surface area contributed by atoms with Crippen LogP contribution in [0.5, 0.6) is 11.5 Å². The molecule has 0 amide bonds. The summed E-state index contributed by atoms with van der Waals surface area (Å²) in [6, 6.07) is 5.54. The molecule has 0 spiro atoms. The number of ether oxygens (including phenoxy) is 2. The molecular weight excluding hydrogens is 280 g/mol. The van der Waals surface area contributed by atoms with Crippen molar-refractivity contribution in [3.05, 3.63) is 24.1 Å². The molecule has 0 saturated carbocycles. The Kier molecular flexibility index (Phi) is 5.24. The molecule has 1 aromatic heterocycles. The van der Waals surface area contributed by atoms with Crippen molar-refractivity contribution in [2.75, 3.05) is 13.7 Å². The first-order chi connectivity index (χ1) is 9.78. The molecule has 0 fully saturated rings. The third-order valence-corrected chi connectivity index (χ3v) is 2.99. The molecule has 5 nitrogen and oxygen atoms in total. The zero-order valence-corrected chi connectivity index (χ0v) is 12.3. The quantitative estimate of drug-likeness (QED) is 0.576. The minimum Gasteiger partial charge on any atom is -0.493 e. The van der Waals surface area contributed by atoms with Crippen molar-refractivity contribution in [1.82, 2.24) is 10.1 Å². The van der Waals surface area contributed by atoms with Gasteiger partial charge in [-0.2, -0.15) is 4.98 Å². The molecule has 0 aliphatic heterocycles. The first-order valence-electron chi connectivity index (χ1n) is 6.48. The zero-order valence-electron chi connectivity index (χ0n) is 11.6. The highest BCUT2D eigenvalue weighted by Crippen LogP contribution is 2.31. The molecule has 0 radical (unpaired) electrons. The highest BCUT2D eigenvalue weighted by Gasteiger charge is 2.11. The molecule has 0 bridgehead atoms. The van der Waals surface area contributed by atoms with Crippen LogP contribution in [-0.4, -0.2) is 23.9 Å². The summed E-state index contributed by atoms with van der Waals surface area (Å²) in [5.41, 5.74) is 0.796. The van der Waals surface area contributed by atoms with E-state index in [4.69, 9.17) is 25.6 Å². The Balaban J connectivity index is 2.19. The Hall–Kier alpha value is -1.75. The SMILES string of the molecule is CCCCOc1ccc(-c2noc(CCl)n2)cc1OC. The molecule has 2 rings (SSSR count). The van der Waals surface area contributed by atoms with Crippen molar-refractivity contribution in [3.8, 4) is 22.9 Å². The number of aromatic nitrogens is 2. The summed E-state index contributed by atoms with van der Waals surface area (Å²) < 4.78 is 16.0. The van der Waals surface area contributed by atoms with Gasteiger partial charge in [0.2, 0.25) is 11.7 Å². The molecule has 1 heterocycles. The van der Waals surface area contributed by atoms with Gasteiger partial charge in [0.05, 0.1) is 13.7 Å². The maximum atomic E-state index is 5.68. The summed E-state index contributed by atoms with van der Waals surface area (Å²) in [5, 5.41) is 3.87. The van der Waals surface area contributed by atoms with E-state index in [1.165, 1.54) is 0 Å². The van der Waals surface area contributed by atoms with Crippen molar-refractivity contribution >= 4 is 11.6 Å². The van der Waals surface area contributed by atoms with Gasteiger partial charge in [-0.3, -0.25) is 0 Å². The predicted octanol–water partition coefficient (Wildman–Crippen LogP) is 3.66. The third-order valence-electron chi connectivity index (χ3n) is 2.76. The summed E-state index contributed by atoms with van der Waals surface area (Å²) in [4.78, 5) is 4.17. The van der Waals surface area contributed by atoms with Gasteiger partial charge >= 0.3 is 0 Å². The van der Waals surface area contributed by atoms with Gasteiger partial charge in [-0.1, -0.05) is 18.5 Å². The van der Waals surface area contributed by atoms with Crippen LogP contribution in [0.4, 0.5) is 0 Å². The van der Waals surface area contributed by atoms with Gasteiger partial charge in [0, 0.05) is 5.56 Å². The van der Waals surface area contributed by atoms with Gasteiger partial charge in [-0.15, -0.1) is 11.6 Å². The van der Waals surface area contributed by atoms with Gasteiger partial charge in [-0.05, 0) is 24.6 Å². The van der Waals surface area contributed by atoms with E-state index in [0.29, 0.717) is 29.8 Å². The molecule has 6 heteroatoms. The van der Waals surface area contributed by atoms with E-state index in [1.54, 1.807) is 7.11 Å². The van der Waals surface area contributed by atoms with E-state index in [-0.39, 0.29) is 5.88 Å². The van der Waals surface area contributed by atoms with Gasteiger partial charge in [0.1, 0.15) is 5.88 Å². The van der Waals surface area contributed by atoms with Gasteiger partial charge in [0.25, 0.3) is 0 Å². The molecule has 108 valence electrons. The normalized spacial score (nSPS) is 10.6. The zero-order chi connectivity index (χ0) is 14.4. The maximum Gasteiger partial charge on any atom is 0.241 e. The van der Waals surface area contributed by atoms with E-state index >= 15 is 0 Å². The summed E-state index contributed by atoms with van der Waals surface area (Å²) in [6.07, 6.45) is 2.10. The van der Waals surface area contributed by atoms with Gasteiger partial charge in [0.15, 0.2) is 11.5 Å². The number of alkyl halides is 1. The Morgan fingerprint density at radius 1 is 1.30 bits per heavy atom. The number of rotatable bonds is 7. The smallest absolute Gasteiger partial charge is 0.241 e. The summed E-state index contributed by atoms with van der Waals surface area (Å²) in [6.45, 7) is 2.79. The number of unbranched alkanes of at least 4 members (excludes halogenated alkanes) is 1. The number of methoxy groups -OCH3 is 1. The molecular formula is C14H17ClN2O3. The Morgan fingerprint density at radius 3 is 2.80 bits per heavy atom. The Labute approximate surface area is 122 Å². The topological polar surface area (TPSA) is 57.4 Å². The second kappa shape index (κ2) is 7.14. The lowest BCUT2D eigenvalue weighted by molar-refractivity contribution is 0.288. The average Bonchev–Trinajstić information content (AvgIpc) is 2.96. The molecule has 1 aromatic carbocycles. The van der Waals surface area contributed by atoms with Gasteiger partial charge < -0.3 is 14.0 Å². The van der Waals surface area contributed by atoms with Crippen molar-refractivity contribution in [2.24, 2.45) is 0 Å². The summed E-state index contributed by atoms with van der Waals surface area (Å²) in [5.74, 6) is 2.44. The van der Waals surface area contributed by atoms with Crippen LogP contribution >= 0.6 is 11.6 Å². The molecule has 0 unspecified atom stereocenters. The van der Waals surface area contributed by atoms with Crippen LogP contribution in [0.1, 0.15) is 25.7 Å². The minimum absolute atomic E-state index is 0.197. The minimum atomic E-state index is 0.197. The molecule has 0 N–H and O–H groups in total.